The van der Waals surface area contributed by atoms with Gasteiger partial charge in [0.2, 0.25) is 0 Å². The Morgan fingerprint density at radius 2 is 0.857 bits per heavy atom. The van der Waals surface area contributed by atoms with Crippen molar-refractivity contribution in [1.82, 2.24) is 0 Å². The summed E-state index contributed by atoms with van der Waals surface area (Å²) in [5, 5.41) is 0. The summed E-state index contributed by atoms with van der Waals surface area (Å²) in [6, 6.07) is 10.6. The van der Waals surface area contributed by atoms with Gasteiger partial charge in [-0.2, -0.15) is 0 Å². The molecule has 1 aromatic carbocycles. The summed E-state index contributed by atoms with van der Waals surface area (Å²) in [6.07, 6.45) is 3.86. The third-order valence-electron chi connectivity index (χ3n) is 3.25. The molecule has 0 fully saturated rings. The third-order valence-corrected chi connectivity index (χ3v) is 3.25. The van der Waals surface area contributed by atoms with Crippen molar-refractivity contribution in [1.29, 1.82) is 0 Å². The Morgan fingerprint density at radius 1 is 0.536 bits per heavy atom. The van der Waals surface area contributed by atoms with Crippen LogP contribution in [-0.2, 0) is 6.42 Å². The van der Waals surface area contributed by atoms with Crippen molar-refractivity contribution in [2.24, 2.45) is 23.7 Å². The highest BCUT2D eigenvalue weighted by molar-refractivity contribution is 5.14. The lowest BCUT2D eigenvalue weighted by atomic mass is 10.0. The fraction of sp³-hybridized carbons (Fsp3) is 0.786. The van der Waals surface area contributed by atoms with Crippen LogP contribution in [0.25, 0.3) is 0 Å². The van der Waals surface area contributed by atoms with Crippen LogP contribution in [0.3, 0.4) is 0 Å². The van der Waals surface area contributed by atoms with Gasteiger partial charge >= 0.3 is 0 Å². The van der Waals surface area contributed by atoms with Crippen molar-refractivity contribution in [2.75, 3.05) is 0 Å². The van der Waals surface area contributed by atoms with E-state index in [4.69, 9.17) is 0 Å². The first-order valence-electron chi connectivity index (χ1n) is 9.22. The molecular weight excluding hydrogens is 336 g/mol. The van der Waals surface area contributed by atoms with E-state index in [-0.39, 0.29) is 44.6 Å². The molecule has 28 heavy (non-hydrogen) atoms. The van der Waals surface area contributed by atoms with Gasteiger partial charge in [0.1, 0.15) is 0 Å². The summed E-state index contributed by atoms with van der Waals surface area (Å²) < 4.78 is 0. The van der Waals surface area contributed by atoms with Gasteiger partial charge in [-0.3, -0.25) is 0 Å². The molecule has 1 aromatic rings. The van der Waals surface area contributed by atoms with Crippen LogP contribution in [0.2, 0.25) is 0 Å². The Labute approximate surface area is 186 Å². The molecule has 0 aromatic heterocycles. The Kier molecular flexibility index (Phi) is 61.1. The second-order valence-electron chi connectivity index (χ2n) is 7.91. The monoisotopic (exact) mass is 403 g/mol. The summed E-state index contributed by atoms with van der Waals surface area (Å²) in [4.78, 5) is 0. The second kappa shape index (κ2) is 33.8. The lowest BCUT2D eigenvalue weighted by Gasteiger charge is -2.05. The zero-order valence-corrected chi connectivity index (χ0v) is 16.8. The highest BCUT2D eigenvalue weighted by atomic mass is 14.0. The molecule has 0 heteroatoms. The normalized spacial score (nSPS) is 8.18. The summed E-state index contributed by atoms with van der Waals surface area (Å²) in [6.45, 7) is 20.2. The molecule has 0 bridgehead atoms. The van der Waals surface area contributed by atoms with Crippen LogP contribution in [0, 0.1) is 23.7 Å². The molecule has 0 nitrogen and oxygen atoms in total. The van der Waals surface area contributed by atoms with Crippen LogP contribution in [0.15, 0.2) is 30.3 Å². The molecule has 0 aliphatic heterocycles. The molecule has 178 valence electrons. The van der Waals surface area contributed by atoms with Crippen LogP contribution < -0.4 is 0 Å². The summed E-state index contributed by atoms with van der Waals surface area (Å²) in [7, 11) is 0. The van der Waals surface area contributed by atoms with Gasteiger partial charge in [0.05, 0.1) is 0 Å². The van der Waals surface area contributed by atoms with Crippen LogP contribution in [0.5, 0.6) is 0 Å². The van der Waals surface area contributed by atoms with E-state index in [1.807, 2.05) is 0 Å². The van der Waals surface area contributed by atoms with Gasteiger partial charge in [-0.15, -0.1) is 0 Å². The first kappa shape index (κ1) is 50.7. The van der Waals surface area contributed by atoms with Crippen LogP contribution in [-0.4, -0.2) is 0 Å². The Balaban J connectivity index is -0.0000000338. The first-order valence-corrected chi connectivity index (χ1v) is 9.22. The Morgan fingerprint density at radius 3 is 1.04 bits per heavy atom. The molecule has 0 spiro atoms. The number of benzene rings is 1. The quantitative estimate of drug-likeness (QED) is 0.459. The molecule has 0 atom stereocenters. The molecule has 1 rings (SSSR count). The fourth-order valence-corrected chi connectivity index (χ4v) is 2.03. The van der Waals surface area contributed by atoms with Gasteiger partial charge in [0, 0.05) is 0 Å². The molecule has 0 amide bonds. The van der Waals surface area contributed by atoms with Crippen molar-refractivity contribution in [3.8, 4) is 0 Å². The van der Waals surface area contributed by atoms with Gasteiger partial charge in [-0.05, 0) is 42.1 Å². The van der Waals surface area contributed by atoms with E-state index in [1.54, 1.807) is 0 Å². The topological polar surface area (TPSA) is 0 Å². The van der Waals surface area contributed by atoms with Gasteiger partial charge in [0.15, 0.2) is 0 Å². The van der Waals surface area contributed by atoms with Crippen LogP contribution in [0.1, 0.15) is 125 Å². The highest BCUT2D eigenvalue weighted by Gasteiger charge is 1.96. The zero-order valence-electron chi connectivity index (χ0n) is 16.8. The zero-order chi connectivity index (χ0) is 17.5. The molecule has 0 saturated heterocycles. The van der Waals surface area contributed by atoms with E-state index >= 15 is 0 Å². The third kappa shape index (κ3) is 49.9. The number of rotatable bonds is 5. The van der Waals surface area contributed by atoms with E-state index < -0.39 is 0 Å². The summed E-state index contributed by atoms with van der Waals surface area (Å²) >= 11 is 0. The van der Waals surface area contributed by atoms with Crippen molar-refractivity contribution in [3.05, 3.63) is 35.9 Å². The molecule has 0 aliphatic rings. The van der Waals surface area contributed by atoms with E-state index in [9.17, 15) is 0 Å². The molecule has 0 unspecified atom stereocenters. The maximum atomic E-state index is 2.26. The molecule has 0 N–H and O–H groups in total. The molecular formula is C28H66. The minimum absolute atomic E-state index is 0. The van der Waals surface area contributed by atoms with E-state index in [0.29, 0.717) is 0 Å². The van der Waals surface area contributed by atoms with Crippen molar-refractivity contribution < 1.29 is 0 Å². The van der Waals surface area contributed by atoms with Crippen molar-refractivity contribution in [2.45, 2.75) is 126 Å². The maximum absolute atomic E-state index is 2.26. The van der Waals surface area contributed by atoms with Gasteiger partial charge in [-0.25, -0.2) is 0 Å². The van der Waals surface area contributed by atoms with Gasteiger partial charge < -0.3 is 0 Å². The Hall–Kier alpha value is -0.780. The standard InChI is InChI=1S/C10H14.C7H16.C5H12.6CH4/c1-9(2)8-10-6-4-3-5-7-10;1-6(2)5-7(3)4;1-4-5(2)3;;;;;;/h3-7,9H,8H2,1-2H3;6-7H,5H2,1-4H3;5H,4H2,1-3H3;6*1H4. The molecule has 0 aliphatic carbocycles. The van der Waals surface area contributed by atoms with Crippen molar-refractivity contribution >= 4 is 0 Å². The fourth-order valence-electron chi connectivity index (χ4n) is 2.03. The largest absolute Gasteiger partial charge is 0.0776 e. The average Bonchev–Trinajstić information content (AvgIpc) is 2.38. The highest BCUT2D eigenvalue weighted by Crippen LogP contribution is 2.08. The predicted octanol–water partition coefficient (Wildman–Crippen LogP) is 11.4. The lowest BCUT2D eigenvalue weighted by Crippen LogP contribution is -1.93. The van der Waals surface area contributed by atoms with Gasteiger partial charge in [0.25, 0.3) is 0 Å². The minimum Gasteiger partial charge on any atom is -0.0776 e. The molecule has 0 heterocycles. The second-order valence-corrected chi connectivity index (χ2v) is 7.91. The number of hydrogen-bond acceptors (Lipinski definition) is 0. The van der Waals surface area contributed by atoms with E-state index in [2.05, 4.69) is 92.6 Å². The first-order chi connectivity index (χ1) is 10.2. The van der Waals surface area contributed by atoms with E-state index in [0.717, 1.165) is 23.7 Å². The Bertz CT molecular complexity index is 300. The maximum Gasteiger partial charge on any atom is -0.0256 e. The average molecular weight is 403 g/mol. The van der Waals surface area contributed by atoms with Crippen LogP contribution >= 0.6 is 0 Å². The SMILES string of the molecule is C.C.C.C.C.C.CC(C)CC(C)C.CC(C)Cc1ccccc1.CCC(C)C. The molecule has 0 radical (unpaired) electrons. The summed E-state index contributed by atoms with van der Waals surface area (Å²) in [5.74, 6) is 3.40. The molecule has 0 saturated carbocycles. The van der Waals surface area contributed by atoms with Crippen molar-refractivity contribution in [3.63, 3.8) is 0 Å². The smallest absolute Gasteiger partial charge is 0.0256 e. The summed E-state index contributed by atoms with van der Waals surface area (Å²) in [5.41, 5.74) is 1.44. The number of hydrogen-bond donors (Lipinski definition) is 0. The minimum atomic E-state index is 0. The lowest BCUT2D eigenvalue weighted by molar-refractivity contribution is 0.469. The van der Waals surface area contributed by atoms with Gasteiger partial charge in [-0.1, -0.05) is 144 Å². The predicted molar refractivity (Wildman–Crippen MR) is 145 cm³/mol. The van der Waals surface area contributed by atoms with E-state index in [1.165, 1.54) is 24.8 Å². The van der Waals surface area contributed by atoms with Crippen LogP contribution in [0.4, 0.5) is 0 Å².